The van der Waals surface area contributed by atoms with Crippen molar-refractivity contribution in [3.63, 3.8) is 0 Å². The quantitative estimate of drug-likeness (QED) is 0.228. The molecule has 160 valence electrons. The molecule has 5 aromatic carbocycles. The summed E-state index contributed by atoms with van der Waals surface area (Å²) in [7, 11) is 0. The largest absolute Gasteiger partial charge is 0.456 e. The lowest BCUT2D eigenvalue weighted by atomic mass is 10.0. The number of nitrogens with zero attached hydrogens (tertiary/aromatic N) is 1. The molecule has 0 spiro atoms. The van der Waals surface area contributed by atoms with E-state index in [1.807, 2.05) is 48.5 Å². The van der Waals surface area contributed by atoms with Crippen LogP contribution in [0.3, 0.4) is 0 Å². The minimum absolute atomic E-state index is 0.795. The van der Waals surface area contributed by atoms with E-state index >= 15 is 0 Å². The van der Waals surface area contributed by atoms with Crippen LogP contribution < -0.4 is 35.0 Å². The van der Waals surface area contributed by atoms with E-state index in [0.29, 0.717) is 0 Å². The van der Waals surface area contributed by atoms with Gasteiger partial charge in [0, 0.05) is 5.39 Å². The van der Waals surface area contributed by atoms with E-state index in [4.69, 9.17) is 26.0 Å². The number of hydrogen-bond acceptors (Lipinski definition) is 5. The van der Waals surface area contributed by atoms with E-state index in [1.54, 1.807) is 0 Å². The molecule has 0 bridgehead atoms. The summed E-state index contributed by atoms with van der Waals surface area (Å²) in [6.45, 7) is 0. The third kappa shape index (κ3) is 1.82. The maximum atomic E-state index is 6.80. The van der Waals surface area contributed by atoms with Crippen molar-refractivity contribution in [2.24, 2.45) is 0 Å². The Morgan fingerprint density at radius 3 is 2.24 bits per heavy atom. The van der Waals surface area contributed by atoms with Crippen molar-refractivity contribution in [2.45, 2.75) is 0 Å². The first kappa shape index (κ1) is 17.7. The predicted molar refractivity (Wildman–Crippen MR) is 138 cm³/mol. The van der Waals surface area contributed by atoms with Crippen LogP contribution in [0.2, 0.25) is 0 Å². The summed E-state index contributed by atoms with van der Waals surface area (Å²) in [4.78, 5) is 2.30. The smallest absolute Gasteiger partial charge is 0.152 e. The minimum Gasteiger partial charge on any atom is -0.456 e. The van der Waals surface area contributed by atoms with Crippen molar-refractivity contribution in [3.8, 4) is 34.5 Å². The van der Waals surface area contributed by atoms with Crippen molar-refractivity contribution in [2.75, 3.05) is 4.90 Å². The van der Waals surface area contributed by atoms with Crippen LogP contribution in [0.1, 0.15) is 0 Å². The first-order valence-electron chi connectivity index (χ1n) is 11.1. The molecule has 1 atom stereocenters. The second-order valence-corrected chi connectivity index (χ2v) is 13.1. The predicted octanol–water partition coefficient (Wildman–Crippen LogP) is 6.70. The second kappa shape index (κ2) is 5.64. The third-order valence-electron chi connectivity index (χ3n) is 7.16. The average molecular weight is 475 g/mol. The Hall–Kier alpha value is -3.79. The zero-order chi connectivity index (χ0) is 22.2. The van der Waals surface area contributed by atoms with Gasteiger partial charge in [0.2, 0.25) is 0 Å². The van der Waals surface area contributed by atoms with E-state index in [9.17, 15) is 0 Å². The molecule has 4 heterocycles. The van der Waals surface area contributed by atoms with Gasteiger partial charge in [-0.15, -0.1) is 0 Å². The van der Waals surface area contributed by atoms with Gasteiger partial charge in [-0.1, -0.05) is 54.3 Å². The molecule has 34 heavy (non-hydrogen) atoms. The van der Waals surface area contributed by atoms with Gasteiger partial charge in [-0.25, -0.2) is 0 Å². The normalized spacial score (nSPS) is 18.9. The maximum Gasteiger partial charge on any atom is 0.152 e. The lowest BCUT2D eigenvalue weighted by Crippen LogP contribution is -2.43. The van der Waals surface area contributed by atoms with Crippen LogP contribution in [0.25, 0.3) is 10.8 Å². The molecule has 1 unspecified atom stereocenters. The highest BCUT2D eigenvalue weighted by atomic mass is 32.4. The van der Waals surface area contributed by atoms with Crippen LogP contribution in [0, 0.1) is 0 Å². The van der Waals surface area contributed by atoms with Crippen molar-refractivity contribution in [1.29, 1.82) is 0 Å². The summed E-state index contributed by atoms with van der Waals surface area (Å²) in [6, 6.07) is 26.3. The first-order chi connectivity index (χ1) is 16.7. The van der Waals surface area contributed by atoms with Crippen LogP contribution in [0.4, 0.5) is 17.1 Å². The second-order valence-electron chi connectivity index (χ2n) is 8.88. The number of anilines is 3. The van der Waals surface area contributed by atoms with Gasteiger partial charge in [0.25, 0.3) is 0 Å². The molecular formula is C28H14NO3PS. The SMILES string of the molecule is S=P12c3c4cccc3Oc3c1c(cc1ccccc31)N1c3ccccc3Oc3ccc(c2c31)O4. The van der Waals surface area contributed by atoms with E-state index in [0.717, 1.165) is 78.2 Å². The highest BCUT2D eigenvalue weighted by Gasteiger charge is 2.52. The zero-order valence-corrected chi connectivity index (χ0v) is 19.3. The van der Waals surface area contributed by atoms with E-state index in [-0.39, 0.29) is 0 Å². The lowest BCUT2D eigenvalue weighted by molar-refractivity contribution is 0.460. The van der Waals surface area contributed by atoms with Crippen LogP contribution in [0.15, 0.2) is 84.9 Å². The summed E-state index contributed by atoms with van der Waals surface area (Å²) in [6.07, 6.45) is 0. The topological polar surface area (TPSA) is 30.9 Å². The fraction of sp³-hybridized carbons (Fsp3) is 0. The Bertz CT molecular complexity index is 1850. The average Bonchev–Trinajstić information content (AvgIpc) is 2.86. The maximum absolute atomic E-state index is 6.80. The van der Waals surface area contributed by atoms with E-state index in [1.165, 1.54) is 0 Å². The molecule has 4 nitrogen and oxygen atoms in total. The summed E-state index contributed by atoms with van der Waals surface area (Å²) in [5.41, 5.74) is 3.06. The van der Waals surface area contributed by atoms with Gasteiger partial charge < -0.3 is 19.1 Å². The number of hydrogen-bond donors (Lipinski definition) is 0. The summed E-state index contributed by atoms with van der Waals surface area (Å²) < 4.78 is 19.6. The van der Waals surface area contributed by atoms with Crippen molar-refractivity contribution in [1.82, 2.24) is 0 Å². The molecule has 0 amide bonds. The summed E-state index contributed by atoms with van der Waals surface area (Å²) in [5.74, 6) is 4.90. The van der Waals surface area contributed by atoms with Crippen molar-refractivity contribution >= 4 is 61.6 Å². The number of ether oxygens (including phenoxy) is 3. The molecule has 4 aliphatic heterocycles. The summed E-state index contributed by atoms with van der Waals surface area (Å²) in [5, 5.41) is 5.37. The minimum atomic E-state index is -2.48. The fourth-order valence-electron chi connectivity index (χ4n) is 5.85. The molecule has 0 N–H and O–H groups in total. The zero-order valence-electron chi connectivity index (χ0n) is 17.6. The van der Waals surface area contributed by atoms with Crippen LogP contribution in [-0.4, -0.2) is 0 Å². The van der Waals surface area contributed by atoms with Gasteiger partial charge in [-0.05, 0) is 47.9 Å². The molecule has 0 saturated carbocycles. The molecule has 0 saturated heterocycles. The Balaban J connectivity index is 1.55. The first-order valence-corrected chi connectivity index (χ1v) is 13.9. The number of para-hydroxylation sites is 2. The third-order valence-corrected chi connectivity index (χ3v) is 12.0. The van der Waals surface area contributed by atoms with Gasteiger partial charge in [-0.2, -0.15) is 0 Å². The van der Waals surface area contributed by atoms with Gasteiger partial charge in [0.15, 0.2) is 11.5 Å². The standard InChI is InChI=1S/C28H14NO3PS/c34-33-26-18-14-15-6-1-2-7-16(15)25(26)32-22-11-5-10-21(27(22)33)31-23-13-12-20-24(28(23)33)29(18)17-8-3-4-9-19(17)30-20/h1-14H. The van der Waals surface area contributed by atoms with Gasteiger partial charge in [0.1, 0.15) is 28.7 Å². The van der Waals surface area contributed by atoms with Crippen molar-refractivity contribution in [3.05, 3.63) is 84.9 Å². The molecule has 0 fully saturated rings. The molecule has 6 heteroatoms. The fourth-order valence-corrected chi connectivity index (χ4v) is 10.9. The van der Waals surface area contributed by atoms with Gasteiger partial charge in [-0.3, -0.25) is 0 Å². The van der Waals surface area contributed by atoms with E-state index in [2.05, 4.69) is 41.3 Å². The van der Waals surface area contributed by atoms with Gasteiger partial charge in [0.05, 0.1) is 33.3 Å². The molecule has 0 aromatic heterocycles. The van der Waals surface area contributed by atoms with Crippen LogP contribution in [-0.2, 0) is 11.8 Å². The molecule has 4 aliphatic rings. The Kier molecular flexibility index (Phi) is 2.93. The highest BCUT2D eigenvalue weighted by Crippen LogP contribution is 2.68. The Labute approximate surface area is 199 Å². The Morgan fingerprint density at radius 2 is 1.29 bits per heavy atom. The van der Waals surface area contributed by atoms with Crippen molar-refractivity contribution < 1.29 is 14.2 Å². The molecule has 5 aromatic rings. The lowest BCUT2D eigenvalue weighted by Gasteiger charge is -2.47. The van der Waals surface area contributed by atoms with Crippen LogP contribution >= 0.6 is 6.04 Å². The summed E-state index contributed by atoms with van der Waals surface area (Å²) >= 11 is 6.80. The Morgan fingerprint density at radius 1 is 0.588 bits per heavy atom. The number of benzene rings is 5. The van der Waals surface area contributed by atoms with Crippen LogP contribution in [0.5, 0.6) is 34.5 Å². The number of rotatable bonds is 0. The van der Waals surface area contributed by atoms with Gasteiger partial charge >= 0.3 is 0 Å². The molecule has 0 aliphatic carbocycles. The number of fused-ring (bicyclic) bond motifs is 5. The molecule has 9 rings (SSSR count). The van der Waals surface area contributed by atoms with E-state index < -0.39 is 6.04 Å². The monoisotopic (exact) mass is 475 g/mol. The molecular weight excluding hydrogens is 461 g/mol. The molecule has 0 radical (unpaired) electrons. The highest BCUT2D eigenvalue weighted by molar-refractivity contribution is 8.26.